The lowest BCUT2D eigenvalue weighted by molar-refractivity contribution is -0.757. The molecule has 4 aliphatic carbocycles. The molecule has 2 fully saturated rings. The molecule has 0 aromatic heterocycles. The Morgan fingerprint density at radius 1 is 1.24 bits per heavy atom. The van der Waals surface area contributed by atoms with Crippen LogP contribution in [0.3, 0.4) is 0 Å². The van der Waals surface area contributed by atoms with Crippen LogP contribution in [-0.4, -0.2) is 46.5 Å². The van der Waals surface area contributed by atoms with E-state index in [4.69, 9.17) is 4.74 Å². The Balaban J connectivity index is 1.65. The van der Waals surface area contributed by atoms with E-state index in [1.165, 1.54) is 11.1 Å². The second-order valence-electron chi connectivity index (χ2n) is 10.2. The predicted molar refractivity (Wildman–Crippen MR) is 115 cm³/mol. The lowest BCUT2D eigenvalue weighted by Gasteiger charge is -2.55. The van der Waals surface area contributed by atoms with Crippen LogP contribution in [0.15, 0.2) is 23.3 Å². The van der Waals surface area contributed by atoms with Crippen LogP contribution < -0.4 is 0 Å². The first-order chi connectivity index (χ1) is 15.6. The Bertz CT molecular complexity index is 954. The number of hydrogen-bond donors (Lipinski definition) is 1. The third-order valence-corrected chi connectivity index (χ3v) is 8.84. The van der Waals surface area contributed by atoms with Gasteiger partial charge in [-0.15, -0.1) is 10.1 Å². The molecular weight excluding hydrogens is 430 g/mol. The van der Waals surface area contributed by atoms with Crippen molar-refractivity contribution in [2.75, 3.05) is 13.2 Å². The molecule has 0 bridgehead atoms. The number of Topliss-reactive ketones (excluding diaryl/α,β-unsaturated/α-hetero) is 1. The fourth-order valence-corrected chi connectivity index (χ4v) is 7.11. The number of allylic oxidation sites excluding steroid dienone is 4. The van der Waals surface area contributed by atoms with Gasteiger partial charge in [0.15, 0.2) is 11.4 Å². The molecule has 1 N–H and O–H groups in total. The summed E-state index contributed by atoms with van der Waals surface area (Å²) in [6, 6.07) is 0. The number of carbonyl (C=O) groups excluding carboxylic acids is 3. The number of aliphatic hydroxyl groups is 1. The average molecular weight is 462 g/mol. The van der Waals surface area contributed by atoms with Gasteiger partial charge in [-0.25, -0.2) is 0 Å². The van der Waals surface area contributed by atoms with E-state index in [0.29, 0.717) is 25.7 Å². The summed E-state index contributed by atoms with van der Waals surface area (Å²) < 4.78 is 5.80. The highest BCUT2D eigenvalue weighted by Crippen LogP contribution is 2.66. The van der Waals surface area contributed by atoms with Crippen molar-refractivity contribution < 1.29 is 34.2 Å². The Labute approximate surface area is 192 Å². The van der Waals surface area contributed by atoms with Crippen LogP contribution in [0.2, 0.25) is 0 Å². The Morgan fingerprint density at radius 2 is 2.00 bits per heavy atom. The van der Waals surface area contributed by atoms with Gasteiger partial charge in [0, 0.05) is 17.3 Å². The van der Waals surface area contributed by atoms with Gasteiger partial charge in [-0.1, -0.05) is 31.1 Å². The molecule has 0 unspecified atom stereocenters. The molecule has 0 aliphatic heterocycles. The van der Waals surface area contributed by atoms with Crippen molar-refractivity contribution in [2.45, 2.75) is 70.8 Å². The first kappa shape index (κ1) is 23.6. The van der Waals surface area contributed by atoms with Crippen molar-refractivity contribution in [2.24, 2.45) is 22.7 Å². The maximum absolute atomic E-state index is 13.1. The lowest BCUT2D eigenvalue weighted by atomic mass is 9.50. The number of fused-ring (bicyclic) bond motifs is 5. The van der Waals surface area contributed by atoms with Crippen LogP contribution in [0.1, 0.15) is 65.2 Å². The highest BCUT2D eigenvalue weighted by Gasteiger charge is 2.67. The second kappa shape index (κ2) is 8.34. The molecule has 33 heavy (non-hydrogen) atoms. The first-order valence-corrected chi connectivity index (χ1v) is 11.6. The summed E-state index contributed by atoms with van der Waals surface area (Å²) in [5.74, 6) is -0.792. The number of esters is 1. The largest absolute Gasteiger partial charge is 0.450 e. The summed E-state index contributed by atoms with van der Waals surface area (Å²) in [7, 11) is 0. The summed E-state index contributed by atoms with van der Waals surface area (Å²) in [5, 5.41) is 19.2. The number of carbonyl (C=O) groups is 3. The summed E-state index contributed by atoms with van der Waals surface area (Å²) in [5.41, 5.74) is 0.203. The Hall–Kier alpha value is -2.55. The van der Waals surface area contributed by atoms with Gasteiger partial charge in [-0.05, 0) is 56.4 Å². The van der Waals surface area contributed by atoms with Gasteiger partial charge in [0.1, 0.15) is 13.2 Å². The smallest absolute Gasteiger partial charge is 0.308 e. The van der Waals surface area contributed by atoms with Crippen LogP contribution in [0.5, 0.6) is 0 Å². The quantitative estimate of drug-likeness (QED) is 0.265. The zero-order chi connectivity index (χ0) is 24.0. The normalized spacial score (nSPS) is 37.1. The van der Waals surface area contributed by atoms with E-state index < -0.39 is 41.1 Å². The van der Waals surface area contributed by atoms with Gasteiger partial charge >= 0.3 is 5.97 Å². The standard InChI is InChI=1S/C24H31NO8/c1-22-9-5-16(27)13-15(22)3-4-17-18(22)6-10-23(2)19(17)7-11-24(23,20(28)14-26)33-21(29)8-12-32-25(30)31/h6,13,17,19,26H,3-5,7-12,14H2,1-2H3/t17-,19+,22+,23+,24+/m1/s1. The van der Waals surface area contributed by atoms with Gasteiger partial charge < -0.3 is 14.7 Å². The van der Waals surface area contributed by atoms with Gasteiger partial charge in [-0.2, -0.15) is 0 Å². The number of ether oxygens (including phenoxy) is 1. The van der Waals surface area contributed by atoms with Crippen molar-refractivity contribution in [3.8, 4) is 0 Å². The van der Waals surface area contributed by atoms with E-state index in [1.807, 2.05) is 13.0 Å². The topological polar surface area (TPSA) is 133 Å². The van der Waals surface area contributed by atoms with E-state index in [-0.39, 0.29) is 29.5 Å². The summed E-state index contributed by atoms with van der Waals surface area (Å²) in [6.45, 7) is 2.98. The monoisotopic (exact) mass is 461 g/mol. The van der Waals surface area contributed by atoms with Crippen LogP contribution >= 0.6 is 0 Å². The predicted octanol–water partition coefficient (Wildman–Crippen LogP) is 2.88. The molecule has 0 aromatic rings. The lowest BCUT2D eigenvalue weighted by Crippen LogP contribution is -2.57. The van der Waals surface area contributed by atoms with Gasteiger partial charge in [-0.3, -0.25) is 14.4 Å². The third-order valence-electron chi connectivity index (χ3n) is 8.84. The Kier molecular flexibility index (Phi) is 5.97. The van der Waals surface area contributed by atoms with E-state index in [9.17, 15) is 29.6 Å². The first-order valence-electron chi connectivity index (χ1n) is 11.6. The van der Waals surface area contributed by atoms with E-state index in [0.717, 1.165) is 19.3 Å². The molecule has 9 heteroatoms. The zero-order valence-electron chi connectivity index (χ0n) is 19.1. The van der Waals surface area contributed by atoms with Gasteiger partial charge in [0.05, 0.1) is 6.42 Å². The minimum Gasteiger partial charge on any atom is -0.450 e. The fourth-order valence-electron chi connectivity index (χ4n) is 7.11. The van der Waals surface area contributed by atoms with Crippen molar-refractivity contribution in [3.63, 3.8) is 0 Å². The minimum absolute atomic E-state index is 0.0897. The van der Waals surface area contributed by atoms with Gasteiger partial charge in [0.25, 0.3) is 5.09 Å². The molecule has 0 saturated heterocycles. The van der Waals surface area contributed by atoms with Crippen LogP contribution in [-0.2, 0) is 24.0 Å². The van der Waals surface area contributed by atoms with Crippen molar-refractivity contribution in [1.82, 2.24) is 0 Å². The molecule has 0 spiro atoms. The molecule has 0 radical (unpaired) electrons. The molecule has 0 amide bonds. The number of aliphatic hydroxyl groups excluding tert-OH is 1. The SMILES string of the molecule is C[C@]12CCC(=O)C=C1CC[C@@H]1C2=CC[C@@]2(C)[C@H]1CC[C@]2(OC(=O)CCO[N+](=O)[O-])C(=O)CO. The van der Waals surface area contributed by atoms with Crippen LogP contribution in [0, 0.1) is 32.8 Å². The van der Waals surface area contributed by atoms with Crippen molar-refractivity contribution in [1.29, 1.82) is 0 Å². The maximum atomic E-state index is 13.1. The number of nitrogens with zero attached hydrogens (tertiary/aromatic N) is 1. The molecule has 180 valence electrons. The van der Waals surface area contributed by atoms with E-state index in [2.05, 4.69) is 17.8 Å². The molecule has 4 aliphatic rings. The molecule has 4 rings (SSSR count). The number of ketones is 2. The zero-order valence-corrected chi connectivity index (χ0v) is 19.1. The minimum atomic E-state index is -1.47. The number of rotatable bonds is 7. The van der Waals surface area contributed by atoms with Crippen LogP contribution in [0.4, 0.5) is 0 Å². The molecule has 2 saturated carbocycles. The second-order valence-corrected chi connectivity index (χ2v) is 10.2. The van der Waals surface area contributed by atoms with Crippen molar-refractivity contribution in [3.05, 3.63) is 33.4 Å². The highest BCUT2D eigenvalue weighted by molar-refractivity contribution is 5.93. The molecule has 9 nitrogen and oxygen atoms in total. The molecule has 0 aromatic carbocycles. The molecular formula is C24H31NO8. The van der Waals surface area contributed by atoms with Crippen molar-refractivity contribution >= 4 is 17.5 Å². The summed E-state index contributed by atoms with van der Waals surface area (Å²) in [4.78, 5) is 52.2. The van der Waals surface area contributed by atoms with E-state index in [1.54, 1.807) is 0 Å². The average Bonchev–Trinajstić information content (AvgIpc) is 3.06. The number of hydrogen-bond acceptors (Lipinski definition) is 8. The van der Waals surface area contributed by atoms with Crippen LogP contribution in [0.25, 0.3) is 0 Å². The Morgan fingerprint density at radius 3 is 2.70 bits per heavy atom. The molecule has 5 atom stereocenters. The van der Waals surface area contributed by atoms with E-state index >= 15 is 0 Å². The summed E-state index contributed by atoms with van der Waals surface area (Å²) in [6.07, 6.45) is 8.16. The molecule has 0 heterocycles. The third kappa shape index (κ3) is 3.61. The van der Waals surface area contributed by atoms with Gasteiger partial charge in [0.2, 0.25) is 5.78 Å². The highest BCUT2D eigenvalue weighted by atomic mass is 16.9. The maximum Gasteiger partial charge on any atom is 0.308 e. The summed E-state index contributed by atoms with van der Waals surface area (Å²) >= 11 is 0. The fraction of sp³-hybridized carbons (Fsp3) is 0.708.